The summed E-state index contributed by atoms with van der Waals surface area (Å²) in [6, 6.07) is 4.13. The van der Waals surface area contributed by atoms with Crippen molar-refractivity contribution >= 4 is 46.2 Å². The van der Waals surface area contributed by atoms with Gasteiger partial charge in [-0.05, 0) is 68.6 Å². The maximum Gasteiger partial charge on any atom is 0.265 e. The van der Waals surface area contributed by atoms with Crippen LogP contribution in [0.1, 0.15) is 81.2 Å². The predicted octanol–water partition coefficient (Wildman–Crippen LogP) is 2.39. The lowest BCUT2D eigenvalue weighted by molar-refractivity contribution is -0.136. The van der Waals surface area contributed by atoms with Crippen molar-refractivity contribution in [2.45, 2.75) is 63.8 Å². The number of hydrogen-bond acceptors (Lipinski definition) is 10. The molecule has 6 amide bonds. The first-order valence-electron chi connectivity index (χ1n) is 18.0. The second-order valence-corrected chi connectivity index (χ2v) is 14.1. The fourth-order valence-corrected chi connectivity index (χ4v) is 7.78. The van der Waals surface area contributed by atoms with E-state index in [1.54, 1.807) is 19.1 Å². The van der Waals surface area contributed by atoms with Crippen LogP contribution in [0.3, 0.4) is 0 Å². The second kappa shape index (κ2) is 15.1. The minimum Gasteiger partial charge on any atom is -0.496 e. The Morgan fingerprint density at radius 1 is 1.04 bits per heavy atom. The minimum absolute atomic E-state index is 0.0141. The van der Waals surface area contributed by atoms with E-state index in [0.717, 1.165) is 4.90 Å². The normalized spacial score (nSPS) is 23.0. The second-order valence-electron chi connectivity index (χ2n) is 14.1. The number of ether oxygens (including phenoxy) is 2. The summed E-state index contributed by atoms with van der Waals surface area (Å²) in [7, 11) is 1.40. The lowest BCUT2D eigenvalue weighted by Crippen LogP contribution is -2.54. The van der Waals surface area contributed by atoms with Crippen LogP contribution >= 0.6 is 0 Å². The summed E-state index contributed by atoms with van der Waals surface area (Å²) in [6.07, 6.45) is 1.63. The largest absolute Gasteiger partial charge is 0.496 e. The van der Waals surface area contributed by atoms with E-state index in [9.17, 15) is 33.2 Å². The van der Waals surface area contributed by atoms with Crippen LogP contribution in [-0.4, -0.2) is 95.3 Å². The number of aromatic nitrogens is 1. The van der Waals surface area contributed by atoms with Gasteiger partial charge in [0.15, 0.2) is 6.17 Å². The summed E-state index contributed by atoms with van der Waals surface area (Å²) < 4.78 is 41.1. The Kier molecular flexibility index (Phi) is 10.2. The summed E-state index contributed by atoms with van der Waals surface area (Å²) in [5.41, 5.74) is 6.32. The van der Waals surface area contributed by atoms with Crippen molar-refractivity contribution in [1.29, 1.82) is 0 Å². The van der Waals surface area contributed by atoms with Crippen LogP contribution in [0.2, 0.25) is 0 Å². The molecule has 0 radical (unpaired) electrons. The number of pyridine rings is 1. The lowest BCUT2D eigenvalue weighted by atomic mass is 9.95. The van der Waals surface area contributed by atoms with Gasteiger partial charge in [-0.15, -0.1) is 0 Å². The highest BCUT2D eigenvalue weighted by atomic mass is 19.1. The van der Waals surface area contributed by atoms with Gasteiger partial charge in [-0.25, -0.2) is 13.8 Å². The number of likely N-dealkylation sites (tertiary alicyclic amines) is 1. The molecule has 16 heteroatoms. The highest BCUT2D eigenvalue weighted by molar-refractivity contribution is 6.23. The van der Waals surface area contributed by atoms with Crippen molar-refractivity contribution in [1.82, 2.24) is 25.4 Å². The van der Waals surface area contributed by atoms with E-state index in [4.69, 9.17) is 15.2 Å². The molecule has 55 heavy (non-hydrogen) atoms. The van der Waals surface area contributed by atoms with Crippen molar-refractivity contribution < 1.29 is 47.0 Å². The van der Waals surface area contributed by atoms with Crippen LogP contribution in [0.15, 0.2) is 30.5 Å². The smallest absolute Gasteiger partial charge is 0.265 e. The molecule has 0 saturated carbocycles. The topological polar surface area (TPSA) is 190 Å². The SMILES string of the molecule is CC[C@@H]1[C@H](F)C(=O)N[C@@H]1COc1ncc(C#CC2CCN(Cc3cc(F)c4c(c3)C(=O)N(C3CCC(=O)NC3=O)C4=O)CC2)c2cc(C(N)=O)c(OC)cc12. The molecular weight excluding hydrogens is 718 g/mol. The zero-order valence-corrected chi connectivity index (χ0v) is 30.1. The molecule has 4 aliphatic heterocycles. The van der Waals surface area contributed by atoms with Crippen molar-refractivity contribution in [2.24, 2.45) is 17.6 Å². The molecule has 3 fully saturated rings. The van der Waals surface area contributed by atoms with E-state index >= 15 is 4.39 Å². The maximum absolute atomic E-state index is 15.3. The maximum atomic E-state index is 15.3. The summed E-state index contributed by atoms with van der Waals surface area (Å²) in [5, 5.41) is 5.80. The molecule has 2 aromatic carbocycles. The Labute approximate surface area is 314 Å². The first-order valence-corrected chi connectivity index (χ1v) is 18.0. The van der Waals surface area contributed by atoms with Crippen LogP contribution in [-0.2, 0) is 20.9 Å². The van der Waals surface area contributed by atoms with Crippen molar-refractivity contribution in [3.8, 4) is 23.5 Å². The highest BCUT2D eigenvalue weighted by Crippen LogP contribution is 2.35. The Morgan fingerprint density at radius 2 is 1.80 bits per heavy atom. The molecule has 3 saturated heterocycles. The number of fused-ring (bicyclic) bond motifs is 2. The Morgan fingerprint density at radius 3 is 2.49 bits per heavy atom. The molecule has 286 valence electrons. The fraction of sp³-hybridized carbons (Fsp3) is 0.410. The average molecular weight is 757 g/mol. The van der Waals surface area contributed by atoms with Gasteiger partial charge in [0, 0.05) is 41.8 Å². The van der Waals surface area contributed by atoms with E-state index in [-0.39, 0.29) is 53.7 Å². The number of methoxy groups -OCH3 is 1. The number of piperidine rings is 2. The number of carbonyl (C=O) groups is 6. The van der Waals surface area contributed by atoms with Gasteiger partial charge < -0.3 is 20.5 Å². The molecule has 0 bridgehead atoms. The van der Waals surface area contributed by atoms with E-state index in [1.807, 2.05) is 0 Å². The third-order valence-electron chi connectivity index (χ3n) is 10.7. The monoisotopic (exact) mass is 756 g/mol. The molecule has 0 aliphatic carbocycles. The van der Waals surface area contributed by atoms with Crippen LogP contribution in [0.25, 0.3) is 10.8 Å². The Hall–Kier alpha value is -5.95. The number of carbonyl (C=O) groups excluding carboxylic acids is 6. The average Bonchev–Trinajstić information content (AvgIpc) is 3.58. The summed E-state index contributed by atoms with van der Waals surface area (Å²) in [4.78, 5) is 81.9. The molecule has 0 spiro atoms. The standard InChI is InChI=1S/C39H38F2N6O8/c1-3-22-28(44-36(51)33(22)41)18-55-37-24-15-30(54-2)25(34(42)49)14-23(24)21(16-43-37)5-4-19-8-10-46(11-9-19)17-20-12-26-32(27(40)13-20)39(53)47(38(26)52)29-6-7-31(48)45-35(29)50/h12-16,19,22,28-29,33H,3,6-11,17-18H2,1-2H3,(H2,42,49)(H,44,51)(H,45,48,50)/t22-,28+,29?,33-/m0/s1. The van der Waals surface area contributed by atoms with Gasteiger partial charge >= 0.3 is 0 Å². The third-order valence-corrected chi connectivity index (χ3v) is 10.7. The number of amides is 6. The number of rotatable bonds is 9. The molecule has 14 nitrogen and oxygen atoms in total. The molecule has 4 N–H and O–H groups in total. The molecule has 3 aromatic rings. The number of alkyl halides is 1. The summed E-state index contributed by atoms with van der Waals surface area (Å²) in [5.74, 6) is 1.20. The molecule has 5 heterocycles. The predicted molar refractivity (Wildman–Crippen MR) is 191 cm³/mol. The zero-order valence-electron chi connectivity index (χ0n) is 30.1. The quantitative estimate of drug-likeness (QED) is 0.216. The van der Waals surface area contributed by atoms with E-state index < -0.39 is 65.4 Å². The zero-order chi connectivity index (χ0) is 39.1. The molecule has 4 aliphatic rings. The summed E-state index contributed by atoms with van der Waals surface area (Å²) >= 11 is 0. The fourth-order valence-electron chi connectivity index (χ4n) is 7.78. The van der Waals surface area contributed by atoms with Crippen LogP contribution in [0.5, 0.6) is 11.6 Å². The molecule has 7 rings (SSSR count). The van der Waals surface area contributed by atoms with Gasteiger partial charge in [-0.3, -0.25) is 43.9 Å². The van der Waals surface area contributed by atoms with Crippen molar-refractivity contribution in [3.05, 3.63) is 64.1 Å². The molecule has 4 atom stereocenters. The van der Waals surface area contributed by atoms with Crippen LogP contribution in [0.4, 0.5) is 8.78 Å². The Bertz CT molecular complexity index is 2210. The highest BCUT2D eigenvalue weighted by Gasteiger charge is 2.46. The minimum atomic E-state index is -1.62. The van der Waals surface area contributed by atoms with Gasteiger partial charge in [0.05, 0.1) is 35.4 Å². The van der Waals surface area contributed by atoms with Crippen molar-refractivity contribution in [2.75, 3.05) is 26.8 Å². The number of halogens is 2. The van der Waals surface area contributed by atoms with E-state index in [1.165, 1.54) is 25.4 Å². The molecule has 1 unspecified atom stereocenters. The number of hydrogen-bond donors (Lipinski definition) is 3. The Balaban J connectivity index is 1.05. The first kappa shape index (κ1) is 37.4. The number of nitrogens with zero attached hydrogens (tertiary/aromatic N) is 3. The number of imide groups is 2. The van der Waals surface area contributed by atoms with Gasteiger partial charge in [-0.2, -0.15) is 0 Å². The van der Waals surface area contributed by atoms with Crippen LogP contribution in [0, 0.1) is 29.5 Å². The van der Waals surface area contributed by atoms with Gasteiger partial charge in [0.2, 0.25) is 17.7 Å². The van der Waals surface area contributed by atoms with Gasteiger partial charge in [0.25, 0.3) is 23.6 Å². The number of nitrogens with one attached hydrogen (secondary N) is 2. The van der Waals surface area contributed by atoms with E-state index in [2.05, 4.69) is 32.4 Å². The lowest BCUT2D eigenvalue weighted by Gasteiger charge is -2.29. The summed E-state index contributed by atoms with van der Waals surface area (Å²) in [6.45, 7) is 3.31. The first-order chi connectivity index (χ1) is 26.4. The molecule has 1 aromatic heterocycles. The van der Waals surface area contributed by atoms with Gasteiger partial charge in [-0.1, -0.05) is 18.8 Å². The van der Waals surface area contributed by atoms with E-state index in [0.29, 0.717) is 60.8 Å². The van der Waals surface area contributed by atoms with Crippen molar-refractivity contribution in [3.63, 3.8) is 0 Å². The third kappa shape index (κ3) is 7.07. The number of benzene rings is 2. The van der Waals surface area contributed by atoms with Crippen LogP contribution < -0.4 is 25.8 Å². The molecular formula is C39H38F2N6O8. The van der Waals surface area contributed by atoms with Gasteiger partial charge in [0.1, 0.15) is 24.2 Å². The number of nitrogens with two attached hydrogens (primary N) is 1. The number of primary amides is 1.